The van der Waals surface area contributed by atoms with Gasteiger partial charge in [-0.25, -0.2) is 0 Å². The Bertz CT molecular complexity index is 124. The summed E-state index contributed by atoms with van der Waals surface area (Å²) in [6.07, 6.45) is 4.71. The van der Waals surface area contributed by atoms with Crippen LogP contribution in [0.5, 0.6) is 0 Å². The van der Waals surface area contributed by atoms with Gasteiger partial charge in [0.05, 0.1) is 0 Å². The van der Waals surface area contributed by atoms with Gasteiger partial charge in [-0.05, 0) is 25.7 Å². The lowest BCUT2D eigenvalue weighted by Crippen LogP contribution is -2.44. The molecule has 2 aliphatic heterocycles. The van der Waals surface area contributed by atoms with Gasteiger partial charge >= 0.3 is 0 Å². The zero-order valence-corrected chi connectivity index (χ0v) is 8.13. The molecule has 1 N–H and O–H groups in total. The first-order valence-electron chi connectivity index (χ1n) is 5.37. The molecule has 0 saturated carbocycles. The minimum atomic E-state index is 0.692. The number of nitrogens with one attached hydrogen (secondary N) is 1. The lowest BCUT2D eigenvalue weighted by molar-refractivity contribution is 0.0519. The van der Waals surface area contributed by atoms with Crippen molar-refractivity contribution in [2.75, 3.05) is 26.4 Å². The number of hydrogen-bond donors (Lipinski definition) is 1. The molecule has 2 heterocycles. The molecule has 0 aromatic carbocycles. The highest BCUT2D eigenvalue weighted by Gasteiger charge is 2.19. The average molecular weight is 185 g/mol. The predicted octanol–water partition coefficient (Wildman–Crippen LogP) is 0.934. The summed E-state index contributed by atoms with van der Waals surface area (Å²) in [5.41, 5.74) is 0. The van der Waals surface area contributed by atoms with Gasteiger partial charge in [-0.15, -0.1) is 0 Å². The van der Waals surface area contributed by atoms with Crippen LogP contribution in [0.25, 0.3) is 0 Å². The fourth-order valence-corrected chi connectivity index (χ4v) is 2.06. The van der Waals surface area contributed by atoms with Crippen LogP contribution >= 0.6 is 0 Å². The van der Waals surface area contributed by atoms with E-state index in [9.17, 15) is 0 Å². The Balaban J connectivity index is 1.69. The van der Waals surface area contributed by atoms with Crippen molar-refractivity contribution in [1.82, 2.24) is 5.32 Å². The molecule has 3 nitrogen and oxygen atoms in total. The Labute approximate surface area is 79.8 Å². The first kappa shape index (κ1) is 9.44. The summed E-state index contributed by atoms with van der Waals surface area (Å²) >= 11 is 0. The summed E-state index contributed by atoms with van der Waals surface area (Å²) in [7, 11) is 0. The molecular weight excluding hydrogens is 166 g/mol. The van der Waals surface area contributed by atoms with Crippen LogP contribution in [0.15, 0.2) is 0 Å². The molecule has 2 rings (SSSR count). The molecular formula is C10H19NO2. The molecule has 0 amide bonds. The summed E-state index contributed by atoms with van der Waals surface area (Å²) in [5, 5.41) is 3.70. The molecule has 0 radical (unpaired) electrons. The van der Waals surface area contributed by atoms with Crippen LogP contribution in [0.1, 0.15) is 25.7 Å². The molecule has 2 fully saturated rings. The first-order valence-corrected chi connectivity index (χ1v) is 5.37. The molecule has 76 valence electrons. The highest BCUT2D eigenvalue weighted by atomic mass is 16.5. The minimum Gasteiger partial charge on any atom is -0.381 e. The number of hydrogen-bond acceptors (Lipinski definition) is 3. The maximum atomic E-state index is 5.32. The monoisotopic (exact) mass is 185 g/mol. The van der Waals surface area contributed by atoms with Gasteiger partial charge in [0.15, 0.2) is 0 Å². The van der Waals surface area contributed by atoms with Crippen LogP contribution in [0, 0.1) is 0 Å². The van der Waals surface area contributed by atoms with Crippen molar-refractivity contribution in [3.05, 3.63) is 0 Å². The van der Waals surface area contributed by atoms with Crippen molar-refractivity contribution in [2.45, 2.75) is 37.8 Å². The third-order valence-electron chi connectivity index (χ3n) is 2.91. The molecule has 3 heteroatoms. The average Bonchev–Trinajstić information content (AvgIpc) is 2.21. The maximum absolute atomic E-state index is 5.32. The van der Waals surface area contributed by atoms with Crippen LogP contribution in [-0.2, 0) is 9.47 Å². The second-order valence-electron chi connectivity index (χ2n) is 3.94. The van der Waals surface area contributed by atoms with Gasteiger partial charge in [0.2, 0.25) is 0 Å². The third-order valence-corrected chi connectivity index (χ3v) is 2.91. The highest BCUT2D eigenvalue weighted by molar-refractivity contribution is 4.77. The van der Waals surface area contributed by atoms with Gasteiger partial charge in [0.25, 0.3) is 0 Å². The SMILES string of the molecule is C1CC(NC2CCOCC2)CCO1. The van der Waals surface area contributed by atoms with Gasteiger partial charge in [0.1, 0.15) is 0 Å². The van der Waals surface area contributed by atoms with Gasteiger partial charge in [-0.2, -0.15) is 0 Å². The van der Waals surface area contributed by atoms with Crippen molar-refractivity contribution < 1.29 is 9.47 Å². The van der Waals surface area contributed by atoms with Crippen LogP contribution in [0.3, 0.4) is 0 Å². The van der Waals surface area contributed by atoms with Crippen LogP contribution < -0.4 is 5.32 Å². The van der Waals surface area contributed by atoms with E-state index in [-0.39, 0.29) is 0 Å². The van der Waals surface area contributed by atoms with E-state index in [1.807, 2.05) is 0 Å². The van der Waals surface area contributed by atoms with E-state index < -0.39 is 0 Å². The number of rotatable bonds is 2. The van der Waals surface area contributed by atoms with Crippen LogP contribution in [-0.4, -0.2) is 38.5 Å². The van der Waals surface area contributed by atoms with E-state index in [0.29, 0.717) is 12.1 Å². The zero-order chi connectivity index (χ0) is 8.93. The van der Waals surface area contributed by atoms with Crippen molar-refractivity contribution in [1.29, 1.82) is 0 Å². The Kier molecular flexibility index (Phi) is 3.58. The molecule has 0 aromatic heterocycles. The first-order chi connectivity index (χ1) is 6.45. The van der Waals surface area contributed by atoms with Gasteiger partial charge in [-0.1, -0.05) is 0 Å². The van der Waals surface area contributed by atoms with Crippen molar-refractivity contribution in [3.63, 3.8) is 0 Å². The van der Waals surface area contributed by atoms with Crippen molar-refractivity contribution >= 4 is 0 Å². The molecule has 0 unspecified atom stereocenters. The van der Waals surface area contributed by atoms with Gasteiger partial charge in [-0.3, -0.25) is 0 Å². The largest absolute Gasteiger partial charge is 0.381 e. The molecule has 2 aliphatic rings. The second kappa shape index (κ2) is 4.94. The highest BCUT2D eigenvalue weighted by Crippen LogP contribution is 2.12. The summed E-state index contributed by atoms with van der Waals surface area (Å²) < 4.78 is 10.6. The molecule has 0 spiro atoms. The fourth-order valence-electron chi connectivity index (χ4n) is 2.06. The summed E-state index contributed by atoms with van der Waals surface area (Å²) in [4.78, 5) is 0. The molecule has 0 bridgehead atoms. The normalized spacial score (nSPS) is 27.7. The maximum Gasteiger partial charge on any atom is 0.0480 e. The number of ether oxygens (including phenoxy) is 2. The van der Waals surface area contributed by atoms with E-state index in [1.54, 1.807) is 0 Å². The van der Waals surface area contributed by atoms with E-state index in [4.69, 9.17) is 9.47 Å². The molecule has 0 aromatic rings. The molecule has 0 atom stereocenters. The Morgan fingerprint density at radius 2 is 1.08 bits per heavy atom. The summed E-state index contributed by atoms with van der Waals surface area (Å²) in [6.45, 7) is 3.73. The van der Waals surface area contributed by atoms with Gasteiger partial charge in [0, 0.05) is 38.5 Å². The zero-order valence-electron chi connectivity index (χ0n) is 8.13. The van der Waals surface area contributed by atoms with E-state index in [2.05, 4.69) is 5.32 Å². The lowest BCUT2D eigenvalue weighted by atomic mass is 10.0. The van der Waals surface area contributed by atoms with Crippen LogP contribution in [0.4, 0.5) is 0 Å². The molecule has 2 saturated heterocycles. The van der Waals surface area contributed by atoms with Crippen molar-refractivity contribution in [2.24, 2.45) is 0 Å². The van der Waals surface area contributed by atoms with Crippen molar-refractivity contribution in [3.8, 4) is 0 Å². The molecule has 13 heavy (non-hydrogen) atoms. The summed E-state index contributed by atoms with van der Waals surface area (Å²) in [5.74, 6) is 0. The Morgan fingerprint density at radius 3 is 1.46 bits per heavy atom. The lowest BCUT2D eigenvalue weighted by Gasteiger charge is -2.30. The second-order valence-corrected chi connectivity index (χ2v) is 3.94. The van der Waals surface area contributed by atoms with E-state index in [1.165, 1.54) is 25.7 Å². The quantitative estimate of drug-likeness (QED) is 0.694. The topological polar surface area (TPSA) is 30.5 Å². The fraction of sp³-hybridized carbons (Fsp3) is 1.00. The molecule has 0 aliphatic carbocycles. The Hall–Kier alpha value is -0.120. The minimum absolute atomic E-state index is 0.692. The smallest absolute Gasteiger partial charge is 0.0480 e. The third kappa shape index (κ3) is 2.93. The van der Waals surface area contributed by atoms with Crippen LogP contribution in [0.2, 0.25) is 0 Å². The van der Waals surface area contributed by atoms with Gasteiger partial charge < -0.3 is 14.8 Å². The predicted molar refractivity (Wildman–Crippen MR) is 50.8 cm³/mol. The summed E-state index contributed by atoms with van der Waals surface area (Å²) in [6, 6.07) is 1.38. The Morgan fingerprint density at radius 1 is 0.692 bits per heavy atom. The van der Waals surface area contributed by atoms with E-state index in [0.717, 1.165) is 26.4 Å². The van der Waals surface area contributed by atoms with E-state index >= 15 is 0 Å². The standard InChI is InChI=1S/C10H19NO2/c1-5-12-6-2-9(1)11-10-3-7-13-8-4-10/h9-11H,1-8H2.